The molecule has 0 radical (unpaired) electrons. The largest absolute Gasteiger partial charge is 0.375 e. The highest BCUT2D eigenvalue weighted by molar-refractivity contribution is 7.11. The number of nitrogens with one attached hydrogen (secondary N) is 2. The molecule has 2 rings (SSSR count). The van der Waals surface area contributed by atoms with Crippen molar-refractivity contribution in [1.29, 1.82) is 0 Å². The molecular formula is C17H24FN5S. The monoisotopic (exact) mass is 349 g/mol. The van der Waals surface area contributed by atoms with Gasteiger partial charge in [-0.15, -0.1) is 11.3 Å². The number of rotatable bonds is 5. The molecule has 5 nitrogen and oxygen atoms in total. The van der Waals surface area contributed by atoms with Gasteiger partial charge in [-0.1, -0.05) is 6.07 Å². The molecule has 0 unspecified atom stereocenters. The van der Waals surface area contributed by atoms with Crippen molar-refractivity contribution in [3.05, 3.63) is 45.2 Å². The van der Waals surface area contributed by atoms with Crippen molar-refractivity contribution in [2.75, 3.05) is 26.0 Å². The fourth-order valence-electron chi connectivity index (χ4n) is 2.33. The van der Waals surface area contributed by atoms with Gasteiger partial charge in [0, 0.05) is 32.6 Å². The number of benzene rings is 1. The van der Waals surface area contributed by atoms with E-state index in [1.807, 2.05) is 34.0 Å². The molecule has 1 heterocycles. The van der Waals surface area contributed by atoms with Crippen LogP contribution in [0.25, 0.3) is 0 Å². The number of nitrogens with zero attached hydrogens (tertiary/aromatic N) is 3. The van der Waals surface area contributed by atoms with Crippen LogP contribution in [-0.2, 0) is 13.1 Å². The summed E-state index contributed by atoms with van der Waals surface area (Å²) in [4.78, 5) is 11.6. The van der Waals surface area contributed by atoms with Crippen LogP contribution in [-0.4, -0.2) is 32.1 Å². The molecular weight excluding hydrogens is 325 g/mol. The molecule has 1 aromatic carbocycles. The van der Waals surface area contributed by atoms with Crippen molar-refractivity contribution in [2.45, 2.75) is 26.9 Å². The van der Waals surface area contributed by atoms with E-state index < -0.39 is 0 Å². The Balaban J connectivity index is 1.92. The van der Waals surface area contributed by atoms with Gasteiger partial charge in [-0.2, -0.15) is 0 Å². The summed E-state index contributed by atoms with van der Waals surface area (Å²) in [5.74, 6) is 0.454. The maximum atomic E-state index is 14.0. The Bertz CT molecular complexity index is 724. The van der Waals surface area contributed by atoms with E-state index in [9.17, 15) is 4.39 Å². The van der Waals surface area contributed by atoms with E-state index in [2.05, 4.69) is 20.6 Å². The fourth-order valence-corrected chi connectivity index (χ4v) is 3.21. The van der Waals surface area contributed by atoms with Crippen LogP contribution in [0.5, 0.6) is 0 Å². The summed E-state index contributed by atoms with van der Waals surface area (Å²) in [6.07, 6.45) is 0. The maximum absolute atomic E-state index is 14.0. The van der Waals surface area contributed by atoms with Crippen LogP contribution in [0.15, 0.2) is 23.2 Å². The lowest BCUT2D eigenvalue weighted by Gasteiger charge is -2.15. The van der Waals surface area contributed by atoms with E-state index in [1.165, 1.54) is 4.88 Å². The Labute approximate surface area is 146 Å². The quantitative estimate of drug-likeness (QED) is 0.644. The Morgan fingerprint density at radius 1 is 1.25 bits per heavy atom. The predicted octanol–water partition coefficient (Wildman–Crippen LogP) is 2.83. The smallest absolute Gasteiger partial charge is 0.191 e. The number of aryl methyl sites for hydroxylation is 2. The first-order chi connectivity index (χ1) is 11.4. The van der Waals surface area contributed by atoms with Gasteiger partial charge in [0.05, 0.1) is 22.9 Å². The number of halogens is 1. The third-order valence-corrected chi connectivity index (χ3v) is 4.67. The molecule has 0 aliphatic rings. The van der Waals surface area contributed by atoms with Crippen LogP contribution in [0.1, 0.15) is 21.1 Å². The lowest BCUT2D eigenvalue weighted by Crippen LogP contribution is -2.36. The molecule has 0 saturated heterocycles. The van der Waals surface area contributed by atoms with Gasteiger partial charge in [0.1, 0.15) is 5.82 Å². The minimum atomic E-state index is -0.224. The highest BCUT2D eigenvalue weighted by Gasteiger charge is 2.08. The molecule has 0 aliphatic carbocycles. The molecule has 2 N–H and O–H groups in total. The average molecular weight is 349 g/mol. The molecule has 0 spiro atoms. The molecule has 0 aliphatic heterocycles. The van der Waals surface area contributed by atoms with Crippen LogP contribution < -0.4 is 15.5 Å². The van der Waals surface area contributed by atoms with Gasteiger partial charge >= 0.3 is 0 Å². The minimum absolute atomic E-state index is 0.224. The van der Waals surface area contributed by atoms with Crippen LogP contribution in [0.4, 0.5) is 10.1 Å². The zero-order valence-corrected chi connectivity index (χ0v) is 15.6. The number of aromatic nitrogens is 1. The minimum Gasteiger partial charge on any atom is -0.375 e. The predicted molar refractivity (Wildman–Crippen MR) is 99.4 cm³/mol. The third kappa shape index (κ3) is 4.67. The second-order valence-corrected chi connectivity index (χ2v) is 6.99. The van der Waals surface area contributed by atoms with E-state index in [0.29, 0.717) is 24.7 Å². The highest BCUT2D eigenvalue weighted by atomic mass is 32.1. The van der Waals surface area contributed by atoms with Gasteiger partial charge < -0.3 is 15.5 Å². The number of anilines is 1. The summed E-state index contributed by atoms with van der Waals surface area (Å²) >= 11 is 1.68. The molecule has 2 aromatic rings. The SMILES string of the molecule is CN=C(NCc1ccc(N(C)C)c(F)c1)NCc1sc(C)nc1C. The van der Waals surface area contributed by atoms with Crippen LogP contribution in [0, 0.1) is 19.7 Å². The van der Waals surface area contributed by atoms with Gasteiger partial charge in [0.25, 0.3) is 0 Å². The molecule has 0 fully saturated rings. The second kappa shape index (κ2) is 8.10. The van der Waals surface area contributed by atoms with E-state index in [4.69, 9.17) is 0 Å². The Morgan fingerprint density at radius 2 is 1.96 bits per heavy atom. The van der Waals surface area contributed by atoms with Crippen molar-refractivity contribution >= 4 is 23.0 Å². The van der Waals surface area contributed by atoms with E-state index in [-0.39, 0.29) is 5.82 Å². The van der Waals surface area contributed by atoms with Gasteiger partial charge in [0.15, 0.2) is 5.96 Å². The summed E-state index contributed by atoms with van der Waals surface area (Å²) in [6.45, 7) is 5.18. The molecule has 0 atom stereocenters. The number of thiazole rings is 1. The fraction of sp³-hybridized carbons (Fsp3) is 0.412. The standard InChI is InChI=1S/C17H24FN5S/c1-11-16(24-12(2)22-11)10-21-17(19-3)20-9-13-6-7-15(23(4)5)14(18)8-13/h6-8H,9-10H2,1-5H3,(H2,19,20,21). The van der Waals surface area contributed by atoms with E-state index in [0.717, 1.165) is 16.3 Å². The topological polar surface area (TPSA) is 52.6 Å². The first-order valence-corrected chi connectivity index (χ1v) is 8.55. The van der Waals surface area contributed by atoms with Gasteiger partial charge in [-0.25, -0.2) is 9.37 Å². The number of hydrogen-bond donors (Lipinski definition) is 2. The number of hydrogen-bond acceptors (Lipinski definition) is 4. The van der Waals surface area contributed by atoms with Crippen molar-refractivity contribution in [3.8, 4) is 0 Å². The average Bonchev–Trinajstić information content (AvgIpc) is 2.85. The summed E-state index contributed by atoms with van der Waals surface area (Å²) in [6, 6.07) is 5.24. The zero-order chi connectivity index (χ0) is 17.7. The van der Waals surface area contributed by atoms with Crippen LogP contribution in [0.3, 0.4) is 0 Å². The Kier molecular flexibility index (Phi) is 6.14. The Hall–Kier alpha value is -2.15. The van der Waals surface area contributed by atoms with Crippen LogP contribution >= 0.6 is 11.3 Å². The highest BCUT2D eigenvalue weighted by Crippen LogP contribution is 2.18. The first-order valence-electron chi connectivity index (χ1n) is 7.74. The van der Waals surface area contributed by atoms with E-state index in [1.54, 1.807) is 35.4 Å². The molecule has 0 amide bonds. The molecule has 24 heavy (non-hydrogen) atoms. The van der Waals surface area contributed by atoms with Crippen molar-refractivity contribution in [3.63, 3.8) is 0 Å². The summed E-state index contributed by atoms with van der Waals surface area (Å²) in [7, 11) is 5.37. The Morgan fingerprint density at radius 3 is 2.50 bits per heavy atom. The van der Waals surface area contributed by atoms with Crippen molar-refractivity contribution in [1.82, 2.24) is 15.6 Å². The molecule has 130 valence electrons. The lowest BCUT2D eigenvalue weighted by atomic mass is 10.2. The second-order valence-electron chi connectivity index (χ2n) is 5.70. The number of guanidine groups is 1. The summed E-state index contributed by atoms with van der Waals surface area (Å²) in [5, 5.41) is 7.52. The van der Waals surface area contributed by atoms with Crippen molar-refractivity contribution in [2.24, 2.45) is 4.99 Å². The molecule has 1 aromatic heterocycles. The van der Waals surface area contributed by atoms with Crippen LogP contribution in [0.2, 0.25) is 0 Å². The lowest BCUT2D eigenvalue weighted by molar-refractivity contribution is 0.623. The first kappa shape index (κ1) is 18.2. The third-order valence-electron chi connectivity index (χ3n) is 3.59. The normalized spacial score (nSPS) is 11.5. The maximum Gasteiger partial charge on any atom is 0.191 e. The molecule has 7 heteroatoms. The van der Waals surface area contributed by atoms with Gasteiger partial charge in [0.2, 0.25) is 0 Å². The number of aliphatic imine (C=N–C) groups is 1. The molecule has 0 saturated carbocycles. The summed E-state index contributed by atoms with van der Waals surface area (Å²) < 4.78 is 14.0. The zero-order valence-electron chi connectivity index (χ0n) is 14.8. The molecule has 0 bridgehead atoms. The van der Waals surface area contributed by atoms with Crippen molar-refractivity contribution < 1.29 is 4.39 Å². The van der Waals surface area contributed by atoms with Gasteiger partial charge in [-0.3, -0.25) is 4.99 Å². The van der Waals surface area contributed by atoms with E-state index >= 15 is 0 Å². The summed E-state index contributed by atoms with van der Waals surface area (Å²) in [5.41, 5.74) is 2.49. The van der Waals surface area contributed by atoms with Gasteiger partial charge in [-0.05, 0) is 31.5 Å².